The van der Waals surface area contributed by atoms with Crippen LogP contribution in [0.4, 0.5) is 4.79 Å². The van der Waals surface area contributed by atoms with Crippen LogP contribution in [0.25, 0.3) is 0 Å². The number of likely N-dealkylation sites (tertiary alicyclic amines) is 1. The number of amides is 2. The van der Waals surface area contributed by atoms with Crippen LogP contribution in [-0.2, 0) is 4.79 Å². The molecule has 0 bridgehead atoms. The SMILES string of the molecule is CC(C)CNC(=O)N1CCC(CC(=O)O)C1. The van der Waals surface area contributed by atoms with E-state index in [-0.39, 0.29) is 18.4 Å². The predicted octanol–water partition coefficient (Wildman–Crippen LogP) is 1.15. The molecule has 2 amide bonds. The summed E-state index contributed by atoms with van der Waals surface area (Å²) in [7, 11) is 0. The summed E-state index contributed by atoms with van der Waals surface area (Å²) in [5.74, 6) is -0.238. The maximum atomic E-state index is 11.6. The molecule has 5 heteroatoms. The molecule has 92 valence electrons. The summed E-state index contributed by atoms with van der Waals surface area (Å²) in [6.45, 7) is 5.98. The Labute approximate surface area is 95.8 Å². The zero-order chi connectivity index (χ0) is 12.1. The number of nitrogens with one attached hydrogen (secondary N) is 1. The summed E-state index contributed by atoms with van der Waals surface area (Å²) in [4.78, 5) is 23.9. The summed E-state index contributed by atoms with van der Waals surface area (Å²) < 4.78 is 0. The van der Waals surface area contributed by atoms with Gasteiger partial charge in [0.05, 0.1) is 0 Å². The van der Waals surface area contributed by atoms with Crippen molar-refractivity contribution in [3.8, 4) is 0 Å². The molecule has 1 atom stereocenters. The van der Waals surface area contributed by atoms with Gasteiger partial charge in [0.2, 0.25) is 0 Å². The molecule has 0 saturated carbocycles. The summed E-state index contributed by atoms with van der Waals surface area (Å²) in [5.41, 5.74) is 0. The maximum absolute atomic E-state index is 11.6. The number of hydrogen-bond acceptors (Lipinski definition) is 2. The highest BCUT2D eigenvalue weighted by Gasteiger charge is 2.27. The van der Waals surface area contributed by atoms with Crippen LogP contribution in [0.1, 0.15) is 26.7 Å². The van der Waals surface area contributed by atoms with E-state index in [0.717, 1.165) is 6.42 Å². The molecule has 1 rings (SSSR count). The number of carboxylic acid groups (broad SMARTS) is 1. The molecule has 5 nitrogen and oxygen atoms in total. The van der Waals surface area contributed by atoms with Gasteiger partial charge in [-0.2, -0.15) is 0 Å². The van der Waals surface area contributed by atoms with Gasteiger partial charge in [-0.3, -0.25) is 4.79 Å². The van der Waals surface area contributed by atoms with Crippen molar-refractivity contribution in [2.24, 2.45) is 11.8 Å². The highest BCUT2D eigenvalue weighted by Crippen LogP contribution is 2.19. The normalized spacial score (nSPS) is 20.2. The first-order valence-corrected chi connectivity index (χ1v) is 5.73. The quantitative estimate of drug-likeness (QED) is 0.758. The minimum Gasteiger partial charge on any atom is -0.481 e. The van der Waals surface area contributed by atoms with E-state index >= 15 is 0 Å². The Morgan fingerprint density at radius 3 is 2.75 bits per heavy atom. The first kappa shape index (κ1) is 12.8. The molecule has 1 saturated heterocycles. The smallest absolute Gasteiger partial charge is 0.317 e. The van der Waals surface area contributed by atoms with Gasteiger partial charge in [0.1, 0.15) is 0 Å². The van der Waals surface area contributed by atoms with Gasteiger partial charge < -0.3 is 15.3 Å². The van der Waals surface area contributed by atoms with Crippen LogP contribution < -0.4 is 5.32 Å². The van der Waals surface area contributed by atoms with Crippen LogP contribution in [0.5, 0.6) is 0 Å². The summed E-state index contributed by atoms with van der Waals surface area (Å²) in [5, 5.41) is 11.5. The molecule has 2 N–H and O–H groups in total. The minimum absolute atomic E-state index is 0.0680. The van der Waals surface area contributed by atoms with Crippen LogP contribution >= 0.6 is 0 Å². The first-order valence-electron chi connectivity index (χ1n) is 5.73. The number of carbonyl (C=O) groups excluding carboxylic acids is 1. The largest absolute Gasteiger partial charge is 0.481 e. The van der Waals surface area contributed by atoms with Crippen LogP contribution in [0.15, 0.2) is 0 Å². The number of nitrogens with zero attached hydrogens (tertiary/aromatic N) is 1. The fraction of sp³-hybridized carbons (Fsp3) is 0.818. The van der Waals surface area contributed by atoms with Crippen molar-refractivity contribution in [2.45, 2.75) is 26.7 Å². The Bertz CT molecular complexity index is 266. The van der Waals surface area contributed by atoms with Crippen molar-refractivity contribution < 1.29 is 14.7 Å². The van der Waals surface area contributed by atoms with E-state index in [1.54, 1.807) is 4.90 Å². The summed E-state index contributed by atoms with van der Waals surface area (Å²) in [6.07, 6.45) is 0.954. The topological polar surface area (TPSA) is 69.6 Å². The van der Waals surface area contributed by atoms with E-state index in [1.807, 2.05) is 13.8 Å². The highest BCUT2D eigenvalue weighted by atomic mass is 16.4. The first-order chi connectivity index (χ1) is 7.49. The Morgan fingerprint density at radius 2 is 2.19 bits per heavy atom. The molecule has 0 aromatic rings. The molecule has 0 aliphatic carbocycles. The second kappa shape index (κ2) is 5.72. The summed E-state index contributed by atoms with van der Waals surface area (Å²) in [6, 6.07) is -0.0680. The molecular weight excluding hydrogens is 208 g/mol. The van der Waals surface area contributed by atoms with Crippen molar-refractivity contribution in [3.05, 3.63) is 0 Å². The van der Waals surface area contributed by atoms with Crippen LogP contribution in [0.3, 0.4) is 0 Å². The molecule has 1 unspecified atom stereocenters. The zero-order valence-corrected chi connectivity index (χ0v) is 9.90. The standard InChI is InChI=1S/C11H20N2O3/c1-8(2)6-12-11(16)13-4-3-9(7-13)5-10(14)15/h8-9H,3-7H2,1-2H3,(H,12,16)(H,14,15). The van der Waals surface area contributed by atoms with Gasteiger partial charge in [-0.25, -0.2) is 4.79 Å². The lowest BCUT2D eigenvalue weighted by Gasteiger charge is -2.18. The lowest BCUT2D eigenvalue weighted by atomic mass is 10.1. The van der Waals surface area contributed by atoms with E-state index in [9.17, 15) is 9.59 Å². The lowest BCUT2D eigenvalue weighted by molar-refractivity contribution is -0.138. The van der Waals surface area contributed by atoms with Gasteiger partial charge >= 0.3 is 12.0 Å². The Hall–Kier alpha value is -1.26. The molecule has 1 heterocycles. The van der Waals surface area contributed by atoms with E-state index in [2.05, 4.69) is 5.32 Å². The number of hydrogen-bond donors (Lipinski definition) is 2. The molecule has 1 fully saturated rings. The third-order valence-corrected chi connectivity index (χ3v) is 2.70. The molecule has 1 aliphatic heterocycles. The van der Waals surface area contributed by atoms with Crippen LogP contribution in [0, 0.1) is 11.8 Å². The van der Waals surface area contributed by atoms with Gasteiger partial charge in [0, 0.05) is 26.1 Å². The van der Waals surface area contributed by atoms with Crippen molar-refractivity contribution in [3.63, 3.8) is 0 Å². The van der Waals surface area contributed by atoms with Gasteiger partial charge in [0.25, 0.3) is 0 Å². The molecule has 0 aromatic heterocycles. The monoisotopic (exact) mass is 228 g/mol. The average Bonchev–Trinajstić information content (AvgIpc) is 2.61. The average molecular weight is 228 g/mol. The van der Waals surface area contributed by atoms with Gasteiger partial charge in [-0.15, -0.1) is 0 Å². The van der Waals surface area contributed by atoms with Crippen molar-refractivity contribution in [1.82, 2.24) is 10.2 Å². The lowest BCUT2D eigenvalue weighted by Crippen LogP contribution is -2.40. The van der Waals surface area contributed by atoms with Crippen LogP contribution in [-0.4, -0.2) is 41.6 Å². The molecule has 0 spiro atoms. The number of rotatable bonds is 4. The van der Waals surface area contributed by atoms with Gasteiger partial charge in [0.15, 0.2) is 0 Å². The van der Waals surface area contributed by atoms with E-state index in [4.69, 9.17) is 5.11 Å². The number of carboxylic acids is 1. The van der Waals surface area contributed by atoms with Crippen molar-refractivity contribution >= 4 is 12.0 Å². The fourth-order valence-corrected chi connectivity index (χ4v) is 1.83. The molecular formula is C11H20N2O3. The molecule has 16 heavy (non-hydrogen) atoms. The Morgan fingerprint density at radius 1 is 1.50 bits per heavy atom. The van der Waals surface area contributed by atoms with Gasteiger partial charge in [-0.05, 0) is 18.3 Å². The minimum atomic E-state index is -0.783. The highest BCUT2D eigenvalue weighted by molar-refractivity contribution is 5.74. The van der Waals surface area contributed by atoms with E-state index in [1.165, 1.54) is 0 Å². The number of urea groups is 1. The van der Waals surface area contributed by atoms with E-state index < -0.39 is 5.97 Å². The summed E-state index contributed by atoms with van der Waals surface area (Å²) >= 11 is 0. The maximum Gasteiger partial charge on any atom is 0.317 e. The Balaban J connectivity index is 2.29. The predicted molar refractivity (Wildman–Crippen MR) is 60.2 cm³/mol. The molecule has 0 aromatic carbocycles. The van der Waals surface area contributed by atoms with Gasteiger partial charge in [-0.1, -0.05) is 13.8 Å². The molecule has 1 aliphatic rings. The third-order valence-electron chi connectivity index (χ3n) is 2.70. The second-order valence-electron chi connectivity index (χ2n) is 4.78. The number of carbonyl (C=O) groups is 2. The number of aliphatic carboxylic acids is 1. The van der Waals surface area contributed by atoms with Crippen LogP contribution in [0.2, 0.25) is 0 Å². The van der Waals surface area contributed by atoms with Crippen molar-refractivity contribution in [1.29, 1.82) is 0 Å². The fourth-order valence-electron chi connectivity index (χ4n) is 1.83. The molecule has 0 radical (unpaired) electrons. The Kier molecular flexibility index (Phi) is 4.58. The van der Waals surface area contributed by atoms with E-state index in [0.29, 0.717) is 25.6 Å². The van der Waals surface area contributed by atoms with Crippen molar-refractivity contribution in [2.75, 3.05) is 19.6 Å². The second-order valence-corrected chi connectivity index (χ2v) is 4.78. The third kappa shape index (κ3) is 4.08. The zero-order valence-electron chi connectivity index (χ0n) is 9.90.